The molecule has 0 saturated heterocycles. The van der Waals surface area contributed by atoms with Crippen molar-refractivity contribution >= 4 is 12.0 Å². The number of aromatic nitrogens is 1. The summed E-state index contributed by atoms with van der Waals surface area (Å²) in [6.07, 6.45) is 1.66. The number of aryl methyl sites for hydroxylation is 3. The van der Waals surface area contributed by atoms with Crippen LogP contribution >= 0.6 is 0 Å². The first-order valence-corrected chi connectivity index (χ1v) is 6.08. The summed E-state index contributed by atoms with van der Waals surface area (Å²) in [5, 5.41) is 4.17. The van der Waals surface area contributed by atoms with Crippen LogP contribution in [0.15, 0.2) is 40.2 Å². The number of nitrogens with zero attached hydrogens (tertiary/aromatic N) is 2. The molecule has 2 N–H and O–H groups in total. The summed E-state index contributed by atoms with van der Waals surface area (Å²) in [6, 6.07) is 9.32. The van der Waals surface area contributed by atoms with Crippen molar-refractivity contribution in [3.05, 3.63) is 62.9 Å². The second kappa shape index (κ2) is 5.10. The molecular weight excluding hydrogens is 238 g/mol. The Morgan fingerprint density at radius 2 is 1.84 bits per heavy atom. The Hall–Kier alpha value is -2.36. The highest BCUT2D eigenvalue weighted by atomic mass is 16.1. The van der Waals surface area contributed by atoms with Gasteiger partial charge in [0.1, 0.15) is 5.82 Å². The summed E-state index contributed by atoms with van der Waals surface area (Å²) in [5.74, 6) is 0.339. The van der Waals surface area contributed by atoms with Gasteiger partial charge in [-0.2, -0.15) is 9.78 Å². The first kappa shape index (κ1) is 13.1. The van der Waals surface area contributed by atoms with E-state index in [4.69, 9.17) is 5.73 Å². The maximum atomic E-state index is 11.8. The minimum absolute atomic E-state index is 0.223. The molecule has 0 bridgehead atoms. The number of benzene rings is 1. The molecule has 0 spiro atoms. The van der Waals surface area contributed by atoms with Gasteiger partial charge >= 0.3 is 0 Å². The van der Waals surface area contributed by atoms with Crippen molar-refractivity contribution in [1.29, 1.82) is 0 Å². The van der Waals surface area contributed by atoms with Crippen LogP contribution in [0.1, 0.15) is 22.3 Å². The van der Waals surface area contributed by atoms with E-state index in [1.807, 2.05) is 39.0 Å². The third kappa shape index (κ3) is 2.91. The summed E-state index contributed by atoms with van der Waals surface area (Å²) in [4.78, 5) is 11.8. The molecule has 0 fully saturated rings. The van der Waals surface area contributed by atoms with Crippen LogP contribution in [0, 0.1) is 20.8 Å². The first-order chi connectivity index (χ1) is 8.97. The number of nitrogens with two attached hydrogens (primary N) is 1. The third-order valence-electron chi connectivity index (χ3n) is 2.93. The Bertz CT molecular complexity index is 699. The molecule has 0 radical (unpaired) electrons. The van der Waals surface area contributed by atoms with E-state index in [1.165, 1.54) is 10.7 Å². The minimum Gasteiger partial charge on any atom is -0.384 e. The van der Waals surface area contributed by atoms with Gasteiger partial charge in [0.25, 0.3) is 5.56 Å². The van der Waals surface area contributed by atoms with Gasteiger partial charge in [-0.25, -0.2) is 0 Å². The molecule has 1 aromatic heterocycles. The molecule has 0 saturated carbocycles. The van der Waals surface area contributed by atoms with Gasteiger partial charge in [0.15, 0.2) is 0 Å². The van der Waals surface area contributed by atoms with Crippen molar-refractivity contribution in [1.82, 2.24) is 4.68 Å². The van der Waals surface area contributed by atoms with Gasteiger partial charge in [0.05, 0.1) is 6.21 Å². The lowest BCUT2D eigenvalue weighted by atomic mass is 10.1. The Morgan fingerprint density at radius 3 is 2.53 bits per heavy atom. The van der Waals surface area contributed by atoms with Crippen LogP contribution in [0.4, 0.5) is 5.82 Å². The van der Waals surface area contributed by atoms with E-state index in [0.717, 1.165) is 22.3 Å². The van der Waals surface area contributed by atoms with Gasteiger partial charge < -0.3 is 5.73 Å². The van der Waals surface area contributed by atoms with Crippen LogP contribution in [0.25, 0.3) is 0 Å². The molecule has 0 amide bonds. The lowest BCUT2D eigenvalue weighted by Crippen LogP contribution is -2.19. The monoisotopic (exact) mass is 255 g/mol. The molecule has 2 rings (SSSR count). The molecule has 4 heteroatoms. The SMILES string of the molecule is Cc1ccc(C)c(/C=N\n2c(N)cc(C)cc2=O)c1. The topological polar surface area (TPSA) is 60.4 Å². The maximum absolute atomic E-state index is 11.8. The summed E-state index contributed by atoms with van der Waals surface area (Å²) in [5.41, 5.74) is 9.65. The molecule has 0 atom stereocenters. The zero-order valence-corrected chi connectivity index (χ0v) is 11.3. The van der Waals surface area contributed by atoms with Gasteiger partial charge in [0, 0.05) is 6.07 Å². The van der Waals surface area contributed by atoms with Gasteiger partial charge in [-0.3, -0.25) is 4.79 Å². The van der Waals surface area contributed by atoms with Crippen LogP contribution in [-0.2, 0) is 0 Å². The van der Waals surface area contributed by atoms with E-state index >= 15 is 0 Å². The fraction of sp³-hybridized carbons (Fsp3) is 0.200. The van der Waals surface area contributed by atoms with Gasteiger partial charge in [-0.1, -0.05) is 23.8 Å². The maximum Gasteiger partial charge on any atom is 0.273 e. The highest BCUT2D eigenvalue weighted by molar-refractivity contribution is 5.81. The van der Waals surface area contributed by atoms with Crippen LogP contribution in [-0.4, -0.2) is 10.9 Å². The minimum atomic E-state index is -0.223. The first-order valence-electron chi connectivity index (χ1n) is 6.08. The fourth-order valence-corrected chi connectivity index (χ4v) is 1.86. The van der Waals surface area contributed by atoms with Gasteiger partial charge in [-0.05, 0) is 43.5 Å². The summed E-state index contributed by atoms with van der Waals surface area (Å²) in [6.45, 7) is 5.85. The Balaban J connectivity index is 2.44. The van der Waals surface area contributed by atoms with E-state index in [-0.39, 0.29) is 5.56 Å². The quantitative estimate of drug-likeness (QED) is 0.836. The molecular formula is C15H17N3O. The van der Waals surface area contributed by atoms with Crippen molar-refractivity contribution in [3.63, 3.8) is 0 Å². The molecule has 0 aliphatic carbocycles. The van der Waals surface area contributed by atoms with Crippen LogP contribution in [0.3, 0.4) is 0 Å². The predicted octanol–water partition coefficient (Wildman–Crippen LogP) is 2.24. The molecule has 1 aromatic carbocycles. The molecule has 0 unspecified atom stereocenters. The van der Waals surface area contributed by atoms with Gasteiger partial charge in [-0.15, -0.1) is 0 Å². The number of hydrogen-bond donors (Lipinski definition) is 1. The van der Waals surface area contributed by atoms with E-state index in [1.54, 1.807) is 12.3 Å². The van der Waals surface area contributed by atoms with E-state index < -0.39 is 0 Å². The van der Waals surface area contributed by atoms with Crippen molar-refractivity contribution in [2.75, 3.05) is 5.73 Å². The second-order valence-electron chi connectivity index (χ2n) is 4.71. The smallest absolute Gasteiger partial charge is 0.273 e. The molecule has 19 heavy (non-hydrogen) atoms. The zero-order valence-electron chi connectivity index (χ0n) is 11.3. The zero-order chi connectivity index (χ0) is 14.0. The average molecular weight is 255 g/mol. The van der Waals surface area contributed by atoms with E-state index in [2.05, 4.69) is 5.10 Å². The number of rotatable bonds is 2. The summed E-state index contributed by atoms with van der Waals surface area (Å²) < 4.78 is 1.20. The molecule has 1 heterocycles. The average Bonchev–Trinajstić information content (AvgIpc) is 2.32. The van der Waals surface area contributed by atoms with Crippen molar-refractivity contribution in [3.8, 4) is 0 Å². The summed E-state index contributed by atoms with van der Waals surface area (Å²) >= 11 is 0. The van der Waals surface area contributed by atoms with Crippen molar-refractivity contribution < 1.29 is 0 Å². The van der Waals surface area contributed by atoms with E-state index in [9.17, 15) is 4.79 Å². The van der Waals surface area contributed by atoms with E-state index in [0.29, 0.717) is 5.82 Å². The number of pyridine rings is 1. The van der Waals surface area contributed by atoms with Crippen LogP contribution in [0.5, 0.6) is 0 Å². The molecule has 0 aliphatic rings. The Kier molecular flexibility index (Phi) is 3.51. The van der Waals surface area contributed by atoms with Crippen LogP contribution < -0.4 is 11.3 Å². The molecule has 0 aliphatic heterocycles. The van der Waals surface area contributed by atoms with Crippen molar-refractivity contribution in [2.45, 2.75) is 20.8 Å². The largest absolute Gasteiger partial charge is 0.384 e. The standard InChI is InChI=1S/C15H17N3O/c1-10-4-5-12(3)13(6-10)9-17-18-14(16)7-11(2)8-15(18)19/h4-9H,16H2,1-3H3/b17-9-. The van der Waals surface area contributed by atoms with Crippen molar-refractivity contribution in [2.24, 2.45) is 5.10 Å². The highest BCUT2D eigenvalue weighted by Gasteiger charge is 2.00. The summed E-state index contributed by atoms with van der Waals surface area (Å²) in [7, 11) is 0. The number of anilines is 1. The molecule has 2 aromatic rings. The van der Waals surface area contributed by atoms with Crippen LogP contribution in [0.2, 0.25) is 0 Å². The highest BCUT2D eigenvalue weighted by Crippen LogP contribution is 2.09. The van der Waals surface area contributed by atoms with Gasteiger partial charge in [0.2, 0.25) is 0 Å². The third-order valence-corrected chi connectivity index (χ3v) is 2.93. The lowest BCUT2D eigenvalue weighted by molar-refractivity contribution is 0.843. The Morgan fingerprint density at radius 1 is 1.11 bits per heavy atom. The number of nitrogen functional groups attached to an aromatic ring is 1. The lowest BCUT2D eigenvalue weighted by Gasteiger charge is -2.05. The molecule has 98 valence electrons. The normalized spacial score (nSPS) is 11.1. The Labute approximate surface area is 112 Å². The molecule has 4 nitrogen and oxygen atoms in total. The second-order valence-corrected chi connectivity index (χ2v) is 4.71. The number of hydrogen-bond acceptors (Lipinski definition) is 3. The predicted molar refractivity (Wildman–Crippen MR) is 78.8 cm³/mol. The fourth-order valence-electron chi connectivity index (χ4n) is 1.86.